The summed E-state index contributed by atoms with van der Waals surface area (Å²) >= 11 is 0. The molecule has 3 rings (SSSR count). The van der Waals surface area contributed by atoms with Crippen LogP contribution in [-0.4, -0.2) is 26.4 Å². The third kappa shape index (κ3) is 2.64. The molecule has 2 aromatic heterocycles. The number of anilines is 2. The lowest BCUT2D eigenvalue weighted by Gasteiger charge is -2.00. The van der Waals surface area contributed by atoms with E-state index in [4.69, 9.17) is 4.52 Å². The topological polar surface area (TPSA) is 109 Å². The first-order chi connectivity index (χ1) is 9.81. The molecule has 0 aliphatic heterocycles. The SMILES string of the molecule is O=C(Nc1cc(-c2ccccc2)on1)Nc1ncn[nH]1. The summed E-state index contributed by atoms with van der Waals surface area (Å²) in [5, 5.41) is 14.9. The minimum absolute atomic E-state index is 0.245. The van der Waals surface area contributed by atoms with Crippen LogP contribution in [0, 0.1) is 0 Å². The van der Waals surface area contributed by atoms with Gasteiger partial charge in [0.05, 0.1) is 0 Å². The summed E-state index contributed by atoms with van der Waals surface area (Å²) in [5.74, 6) is 1.12. The number of benzene rings is 1. The fourth-order valence-corrected chi connectivity index (χ4v) is 1.59. The van der Waals surface area contributed by atoms with E-state index in [9.17, 15) is 4.79 Å². The van der Waals surface area contributed by atoms with Crippen LogP contribution in [0.1, 0.15) is 0 Å². The number of aromatic amines is 1. The lowest BCUT2D eigenvalue weighted by molar-refractivity contribution is 0.261. The second-order valence-corrected chi connectivity index (χ2v) is 3.86. The molecule has 20 heavy (non-hydrogen) atoms. The summed E-state index contributed by atoms with van der Waals surface area (Å²) < 4.78 is 5.16. The van der Waals surface area contributed by atoms with Crippen LogP contribution in [0.3, 0.4) is 0 Å². The minimum Gasteiger partial charge on any atom is -0.354 e. The maximum absolute atomic E-state index is 11.6. The normalized spacial score (nSPS) is 10.2. The Morgan fingerprint density at radius 3 is 2.80 bits per heavy atom. The third-order valence-corrected chi connectivity index (χ3v) is 2.46. The van der Waals surface area contributed by atoms with Crippen molar-refractivity contribution in [2.45, 2.75) is 0 Å². The van der Waals surface area contributed by atoms with Crippen LogP contribution >= 0.6 is 0 Å². The van der Waals surface area contributed by atoms with E-state index in [1.165, 1.54) is 6.33 Å². The standard InChI is InChI=1S/C12H10N6O2/c19-12(16-11-13-7-14-17-11)15-10-6-9(20-18-10)8-4-2-1-3-5-8/h1-7H,(H3,13,14,15,16,17,18,19). The number of hydrogen-bond donors (Lipinski definition) is 3. The van der Waals surface area contributed by atoms with Crippen molar-refractivity contribution in [2.24, 2.45) is 0 Å². The molecule has 2 amide bonds. The Labute approximate surface area is 113 Å². The first kappa shape index (κ1) is 11.9. The number of hydrogen-bond acceptors (Lipinski definition) is 5. The molecule has 0 radical (unpaired) electrons. The van der Waals surface area contributed by atoms with Crippen molar-refractivity contribution < 1.29 is 9.32 Å². The van der Waals surface area contributed by atoms with Gasteiger partial charge in [-0.25, -0.2) is 9.89 Å². The molecule has 0 bridgehead atoms. The van der Waals surface area contributed by atoms with Gasteiger partial charge in [0.25, 0.3) is 0 Å². The number of H-pyrrole nitrogens is 1. The highest BCUT2D eigenvalue weighted by Crippen LogP contribution is 2.21. The molecular formula is C12H10N6O2. The molecule has 2 heterocycles. The Kier molecular flexibility index (Phi) is 3.11. The number of carbonyl (C=O) groups is 1. The summed E-state index contributed by atoms with van der Waals surface area (Å²) in [4.78, 5) is 15.4. The summed E-state index contributed by atoms with van der Waals surface area (Å²) in [6.45, 7) is 0. The van der Waals surface area contributed by atoms with Crippen molar-refractivity contribution in [3.8, 4) is 11.3 Å². The number of aromatic nitrogens is 4. The molecule has 100 valence electrons. The Bertz CT molecular complexity index is 692. The van der Waals surface area contributed by atoms with E-state index in [0.29, 0.717) is 11.6 Å². The van der Waals surface area contributed by atoms with E-state index >= 15 is 0 Å². The second kappa shape index (κ2) is 5.22. The molecule has 8 heteroatoms. The van der Waals surface area contributed by atoms with Crippen molar-refractivity contribution in [1.82, 2.24) is 20.3 Å². The molecule has 0 saturated heterocycles. The predicted molar refractivity (Wildman–Crippen MR) is 71.0 cm³/mol. The number of urea groups is 1. The van der Waals surface area contributed by atoms with Crippen molar-refractivity contribution in [1.29, 1.82) is 0 Å². The number of rotatable bonds is 3. The zero-order valence-corrected chi connectivity index (χ0v) is 10.2. The highest BCUT2D eigenvalue weighted by atomic mass is 16.5. The molecular weight excluding hydrogens is 260 g/mol. The number of amides is 2. The summed E-state index contributed by atoms with van der Waals surface area (Å²) in [7, 11) is 0. The van der Waals surface area contributed by atoms with Crippen molar-refractivity contribution >= 4 is 17.8 Å². The lowest BCUT2D eigenvalue weighted by atomic mass is 10.2. The predicted octanol–water partition coefficient (Wildman–Crippen LogP) is 2.10. The van der Waals surface area contributed by atoms with E-state index in [1.54, 1.807) is 6.07 Å². The Hall–Kier alpha value is -3.16. The third-order valence-electron chi connectivity index (χ3n) is 2.46. The van der Waals surface area contributed by atoms with Gasteiger partial charge in [-0.2, -0.15) is 10.1 Å². The molecule has 0 atom stereocenters. The highest BCUT2D eigenvalue weighted by Gasteiger charge is 2.10. The summed E-state index contributed by atoms with van der Waals surface area (Å²) in [6, 6.07) is 10.6. The van der Waals surface area contributed by atoms with Crippen LogP contribution in [0.5, 0.6) is 0 Å². The van der Waals surface area contributed by atoms with Gasteiger partial charge in [0, 0.05) is 11.6 Å². The zero-order chi connectivity index (χ0) is 13.8. The number of nitrogens with one attached hydrogen (secondary N) is 3. The summed E-state index contributed by atoms with van der Waals surface area (Å²) in [6.07, 6.45) is 1.29. The van der Waals surface area contributed by atoms with Gasteiger partial charge in [0.15, 0.2) is 11.6 Å². The second-order valence-electron chi connectivity index (χ2n) is 3.86. The maximum atomic E-state index is 11.6. The van der Waals surface area contributed by atoms with Gasteiger partial charge in [-0.05, 0) is 0 Å². The van der Waals surface area contributed by atoms with E-state index in [2.05, 4.69) is 31.0 Å². The van der Waals surface area contributed by atoms with Gasteiger partial charge in [0.2, 0.25) is 5.95 Å². The van der Waals surface area contributed by atoms with E-state index < -0.39 is 6.03 Å². The number of nitrogens with zero attached hydrogens (tertiary/aromatic N) is 3. The monoisotopic (exact) mass is 270 g/mol. The Balaban J connectivity index is 1.67. The van der Waals surface area contributed by atoms with Crippen molar-refractivity contribution in [2.75, 3.05) is 10.6 Å². The van der Waals surface area contributed by atoms with Gasteiger partial charge in [-0.3, -0.25) is 10.6 Å². The van der Waals surface area contributed by atoms with Crippen LogP contribution in [0.25, 0.3) is 11.3 Å². The molecule has 3 aromatic rings. The van der Waals surface area contributed by atoms with Crippen LogP contribution in [0.4, 0.5) is 16.6 Å². The fraction of sp³-hybridized carbons (Fsp3) is 0. The average molecular weight is 270 g/mol. The molecule has 0 unspecified atom stereocenters. The van der Waals surface area contributed by atoms with Gasteiger partial charge >= 0.3 is 6.03 Å². The van der Waals surface area contributed by atoms with Crippen LogP contribution < -0.4 is 10.6 Å². The zero-order valence-electron chi connectivity index (χ0n) is 10.2. The Morgan fingerprint density at radius 1 is 1.20 bits per heavy atom. The molecule has 0 spiro atoms. The molecule has 0 aliphatic carbocycles. The molecule has 8 nitrogen and oxygen atoms in total. The number of carbonyl (C=O) groups excluding carboxylic acids is 1. The minimum atomic E-state index is -0.491. The molecule has 0 fully saturated rings. The van der Waals surface area contributed by atoms with Crippen LogP contribution in [0.15, 0.2) is 47.2 Å². The average Bonchev–Trinajstić information content (AvgIpc) is 3.11. The van der Waals surface area contributed by atoms with Gasteiger partial charge < -0.3 is 4.52 Å². The lowest BCUT2D eigenvalue weighted by Crippen LogP contribution is -2.20. The quantitative estimate of drug-likeness (QED) is 0.675. The smallest absolute Gasteiger partial charge is 0.327 e. The van der Waals surface area contributed by atoms with Gasteiger partial charge in [-0.15, -0.1) is 0 Å². The van der Waals surface area contributed by atoms with Crippen LogP contribution in [-0.2, 0) is 0 Å². The van der Waals surface area contributed by atoms with Crippen molar-refractivity contribution in [3.63, 3.8) is 0 Å². The van der Waals surface area contributed by atoms with Gasteiger partial charge in [-0.1, -0.05) is 35.5 Å². The molecule has 0 aliphatic rings. The largest absolute Gasteiger partial charge is 0.354 e. The first-order valence-electron chi connectivity index (χ1n) is 5.77. The Morgan fingerprint density at radius 2 is 2.05 bits per heavy atom. The highest BCUT2D eigenvalue weighted by molar-refractivity contribution is 5.98. The molecule has 3 N–H and O–H groups in total. The van der Waals surface area contributed by atoms with Crippen molar-refractivity contribution in [3.05, 3.63) is 42.7 Å². The van der Waals surface area contributed by atoms with Gasteiger partial charge in [0.1, 0.15) is 6.33 Å². The molecule has 1 aromatic carbocycles. The van der Waals surface area contributed by atoms with Crippen LogP contribution in [0.2, 0.25) is 0 Å². The maximum Gasteiger partial charge on any atom is 0.327 e. The fourth-order valence-electron chi connectivity index (χ4n) is 1.59. The first-order valence-corrected chi connectivity index (χ1v) is 5.77. The summed E-state index contributed by atoms with van der Waals surface area (Å²) in [5.41, 5.74) is 0.878. The van der Waals surface area contributed by atoms with E-state index in [1.807, 2.05) is 30.3 Å². The van der Waals surface area contributed by atoms with E-state index in [-0.39, 0.29) is 5.95 Å². The molecule has 0 saturated carbocycles. The van der Waals surface area contributed by atoms with E-state index in [0.717, 1.165) is 5.56 Å².